The average molecular weight is 281 g/mol. The summed E-state index contributed by atoms with van der Waals surface area (Å²) in [5.74, 6) is 0. The Labute approximate surface area is 157 Å². The van der Waals surface area contributed by atoms with Gasteiger partial charge in [-0.2, -0.15) is 0 Å². The van der Waals surface area contributed by atoms with Crippen molar-refractivity contribution in [1.82, 2.24) is 0 Å². The van der Waals surface area contributed by atoms with Gasteiger partial charge in [-0.05, 0) is 6.42 Å². The van der Waals surface area contributed by atoms with Gasteiger partial charge in [-0.1, -0.05) is 84.0 Å². The van der Waals surface area contributed by atoms with E-state index in [1.807, 2.05) is 0 Å². The monoisotopic (exact) mass is 280 g/mol. The van der Waals surface area contributed by atoms with Crippen LogP contribution in [0.2, 0.25) is 0 Å². The zero-order valence-corrected chi connectivity index (χ0v) is 11.9. The molecule has 0 rings (SSSR count). The number of unbranched alkanes of at least 4 members (excludes halogenated alkanes) is 13. The third-order valence-corrected chi connectivity index (χ3v) is 3.43. The molecule has 0 spiro atoms. The van der Waals surface area contributed by atoms with E-state index in [9.17, 15) is 4.79 Å². The third-order valence-electron chi connectivity index (χ3n) is 3.43. The van der Waals surface area contributed by atoms with Crippen LogP contribution in [0.1, 0.15) is 96.8 Å². The molecule has 0 aromatic rings. The molecule has 18 heavy (non-hydrogen) atoms. The van der Waals surface area contributed by atoms with Crippen molar-refractivity contribution in [2.75, 3.05) is 0 Å². The summed E-state index contributed by atoms with van der Waals surface area (Å²) in [5.41, 5.74) is 0. The number of carbonyl (C=O) groups excluding carboxylic acids is 1. The van der Waals surface area contributed by atoms with Crippen LogP contribution in [0.4, 0.5) is 0 Å². The second-order valence-electron chi connectivity index (χ2n) is 5.20. The Balaban J connectivity index is 0. The van der Waals surface area contributed by atoms with E-state index in [0.29, 0.717) is 0 Å². The van der Waals surface area contributed by atoms with Crippen LogP contribution in [0, 0.1) is 0 Å². The van der Waals surface area contributed by atoms with Gasteiger partial charge in [0, 0.05) is 6.42 Å². The van der Waals surface area contributed by atoms with Crippen molar-refractivity contribution >= 4 is 57.7 Å². The molecular formula is C16H33KO. The molecule has 0 N–H and O–H groups in total. The van der Waals surface area contributed by atoms with Crippen LogP contribution < -0.4 is 0 Å². The summed E-state index contributed by atoms with van der Waals surface area (Å²) in [5, 5.41) is 0. The zero-order valence-electron chi connectivity index (χ0n) is 11.9. The van der Waals surface area contributed by atoms with Gasteiger partial charge >= 0.3 is 51.4 Å². The summed E-state index contributed by atoms with van der Waals surface area (Å²) in [7, 11) is 0. The molecule has 1 nitrogen and oxygen atoms in total. The van der Waals surface area contributed by atoms with Gasteiger partial charge in [-0.3, -0.25) is 0 Å². The Morgan fingerprint density at radius 3 is 1.28 bits per heavy atom. The van der Waals surface area contributed by atoms with E-state index in [1.165, 1.54) is 77.0 Å². The second-order valence-corrected chi connectivity index (χ2v) is 5.20. The summed E-state index contributed by atoms with van der Waals surface area (Å²) in [6.45, 7) is 2.27. The number of aldehydes is 1. The fourth-order valence-electron chi connectivity index (χ4n) is 2.25. The molecule has 0 saturated carbocycles. The maximum absolute atomic E-state index is 10.1. The molecule has 0 atom stereocenters. The van der Waals surface area contributed by atoms with E-state index in [1.54, 1.807) is 0 Å². The van der Waals surface area contributed by atoms with Crippen LogP contribution >= 0.6 is 0 Å². The number of hydrogen-bond donors (Lipinski definition) is 0. The van der Waals surface area contributed by atoms with Crippen molar-refractivity contribution in [2.45, 2.75) is 96.8 Å². The van der Waals surface area contributed by atoms with E-state index in [4.69, 9.17) is 0 Å². The van der Waals surface area contributed by atoms with E-state index in [-0.39, 0.29) is 51.4 Å². The van der Waals surface area contributed by atoms with Crippen molar-refractivity contribution in [1.29, 1.82) is 0 Å². The first-order chi connectivity index (χ1) is 8.41. The molecule has 0 aromatic heterocycles. The van der Waals surface area contributed by atoms with Gasteiger partial charge in [0.25, 0.3) is 0 Å². The number of carbonyl (C=O) groups is 1. The van der Waals surface area contributed by atoms with Gasteiger partial charge in [-0.15, -0.1) is 0 Å². The Kier molecular flexibility index (Phi) is 24.7. The quantitative estimate of drug-likeness (QED) is 0.248. The van der Waals surface area contributed by atoms with Crippen molar-refractivity contribution in [2.24, 2.45) is 0 Å². The Bertz CT molecular complexity index is 148. The SMILES string of the molecule is CCCCCCCCCCCCCCCC=O.[KH]. The van der Waals surface area contributed by atoms with Gasteiger partial charge in [0.1, 0.15) is 6.29 Å². The fraction of sp³-hybridized carbons (Fsp3) is 0.938. The van der Waals surface area contributed by atoms with Crippen LogP contribution in [0.5, 0.6) is 0 Å². The van der Waals surface area contributed by atoms with Crippen LogP contribution in [-0.2, 0) is 4.79 Å². The van der Waals surface area contributed by atoms with Gasteiger partial charge in [0.15, 0.2) is 0 Å². The van der Waals surface area contributed by atoms with Crippen LogP contribution in [0.15, 0.2) is 0 Å². The maximum atomic E-state index is 10.1. The second kappa shape index (κ2) is 20.6. The molecule has 0 heterocycles. The first-order valence-electron chi connectivity index (χ1n) is 7.85. The molecule has 0 bridgehead atoms. The minimum absolute atomic E-state index is 0. The van der Waals surface area contributed by atoms with E-state index >= 15 is 0 Å². The van der Waals surface area contributed by atoms with Gasteiger partial charge in [0.05, 0.1) is 0 Å². The minimum atomic E-state index is 0. The van der Waals surface area contributed by atoms with E-state index < -0.39 is 0 Å². The predicted octanol–water partition coefficient (Wildman–Crippen LogP) is 5.02. The average Bonchev–Trinajstić information content (AvgIpc) is 2.35. The van der Waals surface area contributed by atoms with Gasteiger partial charge in [0.2, 0.25) is 0 Å². The third kappa shape index (κ3) is 19.6. The predicted molar refractivity (Wildman–Crippen MR) is 83.5 cm³/mol. The summed E-state index contributed by atoms with van der Waals surface area (Å²) >= 11 is 0. The Morgan fingerprint density at radius 1 is 0.611 bits per heavy atom. The topological polar surface area (TPSA) is 17.1 Å². The summed E-state index contributed by atoms with van der Waals surface area (Å²) in [6, 6.07) is 0. The molecular weight excluding hydrogens is 247 g/mol. The molecule has 0 aliphatic carbocycles. The summed E-state index contributed by atoms with van der Waals surface area (Å²) in [4.78, 5) is 10.1. The van der Waals surface area contributed by atoms with Crippen LogP contribution in [0.3, 0.4) is 0 Å². The Morgan fingerprint density at radius 2 is 0.944 bits per heavy atom. The first-order valence-corrected chi connectivity index (χ1v) is 7.85. The number of rotatable bonds is 14. The fourth-order valence-corrected chi connectivity index (χ4v) is 2.25. The number of hydrogen-bond acceptors (Lipinski definition) is 1. The normalized spacial score (nSPS) is 10.1. The van der Waals surface area contributed by atoms with Crippen LogP contribution in [-0.4, -0.2) is 57.7 Å². The molecule has 0 aromatic carbocycles. The molecule has 0 amide bonds. The van der Waals surface area contributed by atoms with Gasteiger partial charge < -0.3 is 4.79 Å². The molecule has 0 radical (unpaired) electrons. The molecule has 0 aliphatic heterocycles. The van der Waals surface area contributed by atoms with E-state index in [0.717, 1.165) is 19.1 Å². The molecule has 0 aliphatic rings. The molecule has 0 unspecified atom stereocenters. The molecule has 0 saturated heterocycles. The first kappa shape index (κ1) is 21.6. The van der Waals surface area contributed by atoms with Gasteiger partial charge in [-0.25, -0.2) is 0 Å². The Hall–Kier alpha value is 1.31. The van der Waals surface area contributed by atoms with Crippen molar-refractivity contribution in [3.8, 4) is 0 Å². The van der Waals surface area contributed by atoms with Crippen LogP contribution in [0.25, 0.3) is 0 Å². The molecule has 2 heteroatoms. The standard InChI is InChI=1S/C16H32O.K.H/c1-2-3-4-5-6-7-8-9-10-11-12-13-14-15-16-17;;/h16H,2-15H2,1H3;;. The molecule has 0 fully saturated rings. The molecule has 104 valence electrons. The van der Waals surface area contributed by atoms with Crippen molar-refractivity contribution in [3.63, 3.8) is 0 Å². The zero-order chi connectivity index (χ0) is 12.6. The summed E-state index contributed by atoms with van der Waals surface area (Å²) < 4.78 is 0. The summed E-state index contributed by atoms with van der Waals surface area (Å²) in [6.07, 6.45) is 19.6. The van der Waals surface area contributed by atoms with E-state index in [2.05, 4.69) is 6.92 Å². The van der Waals surface area contributed by atoms with Crippen molar-refractivity contribution in [3.05, 3.63) is 0 Å². The van der Waals surface area contributed by atoms with Crippen molar-refractivity contribution < 1.29 is 4.79 Å².